The van der Waals surface area contributed by atoms with Gasteiger partial charge in [0.2, 0.25) is 0 Å². The first-order valence-electron chi connectivity index (χ1n) is 5.81. The number of nitrogens with one attached hydrogen (secondary N) is 2. The van der Waals surface area contributed by atoms with E-state index in [9.17, 15) is 18.0 Å². The molecule has 2 N–H and O–H groups in total. The van der Waals surface area contributed by atoms with Crippen LogP contribution in [0.15, 0.2) is 4.79 Å². The van der Waals surface area contributed by atoms with E-state index in [0.717, 1.165) is 26.3 Å². The van der Waals surface area contributed by atoms with Crippen LogP contribution in [-0.2, 0) is 6.18 Å². The zero-order valence-electron chi connectivity index (χ0n) is 9.90. The zero-order valence-corrected chi connectivity index (χ0v) is 9.90. The van der Waals surface area contributed by atoms with Gasteiger partial charge in [-0.1, -0.05) is 6.42 Å². The van der Waals surface area contributed by atoms with Crippen molar-refractivity contribution in [2.45, 2.75) is 38.4 Å². The first-order chi connectivity index (χ1) is 8.39. The quantitative estimate of drug-likeness (QED) is 0.812. The summed E-state index contributed by atoms with van der Waals surface area (Å²) in [4.78, 5) is 17.5. The second kappa shape index (κ2) is 4.72. The fourth-order valence-corrected chi connectivity index (χ4v) is 2.08. The predicted molar refractivity (Wildman–Crippen MR) is 59.2 cm³/mol. The number of alkyl halides is 3. The molecule has 0 radical (unpaired) electrons. The Morgan fingerprint density at radius 2 is 2.06 bits per heavy atom. The van der Waals surface area contributed by atoms with Crippen LogP contribution in [0.5, 0.6) is 0 Å². The molecule has 0 amide bonds. The molecule has 1 fully saturated rings. The van der Waals surface area contributed by atoms with E-state index < -0.39 is 17.4 Å². The zero-order chi connectivity index (χ0) is 13.3. The molecule has 4 nitrogen and oxygen atoms in total. The Labute approximate surface area is 102 Å². The topological polar surface area (TPSA) is 57.8 Å². The summed E-state index contributed by atoms with van der Waals surface area (Å²) in [6.07, 6.45) is -2.01. The van der Waals surface area contributed by atoms with Crippen molar-refractivity contribution >= 4 is 0 Å². The lowest BCUT2D eigenvalue weighted by Gasteiger charge is -2.23. The van der Waals surface area contributed by atoms with Gasteiger partial charge in [0.15, 0.2) is 5.69 Å². The Bertz CT molecular complexity index is 489. The lowest BCUT2D eigenvalue weighted by molar-refractivity contribution is -0.142. The summed E-state index contributed by atoms with van der Waals surface area (Å²) in [6, 6.07) is -0.298. The SMILES string of the molecule is Cc1c(C(F)(F)F)nc(C2CCCCN2)[nH]c1=O. The van der Waals surface area contributed by atoms with Crippen LogP contribution >= 0.6 is 0 Å². The van der Waals surface area contributed by atoms with Crippen LogP contribution in [0.1, 0.15) is 42.4 Å². The number of nitrogens with zero attached hydrogens (tertiary/aromatic N) is 1. The van der Waals surface area contributed by atoms with Crippen molar-refractivity contribution in [1.82, 2.24) is 15.3 Å². The second-order valence-corrected chi connectivity index (χ2v) is 4.43. The second-order valence-electron chi connectivity index (χ2n) is 4.43. The molecule has 1 saturated heterocycles. The van der Waals surface area contributed by atoms with Crippen LogP contribution in [-0.4, -0.2) is 16.5 Å². The molecular weight excluding hydrogens is 247 g/mol. The van der Waals surface area contributed by atoms with Crippen molar-refractivity contribution in [2.75, 3.05) is 6.54 Å². The van der Waals surface area contributed by atoms with E-state index in [4.69, 9.17) is 0 Å². The third-order valence-electron chi connectivity index (χ3n) is 3.08. The Morgan fingerprint density at radius 1 is 1.33 bits per heavy atom. The van der Waals surface area contributed by atoms with Gasteiger partial charge in [-0.05, 0) is 26.3 Å². The van der Waals surface area contributed by atoms with Crippen molar-refractivity contribution in [3.63, 3.8) is 0 Å². The van der Waals surface area contributed by atoms with Crippen LogP contribution < -0.4 is 10.9 Å². The average molecular weight is 261 g/mol. The Kier molecular flexibility index (Phi) is 3.43. The minimum atomic E-state index is -4.60. The molecule has 18 heavy (non-hydrogen) atoms. The first-order valence-corrected chi connectivity index (χ1v) is 5.81. The maximum Gasteiger partial charge on any atom is 0.433 e. The fourth-order valence-electron chi connectivity index (χ4n) is 2.08. The number of hydrogen-bond acceptors (Lipinski definition) is 3. The summed E-state index contributed by atoms with van der Waals surface area (Å²) < 4.78 is 38.2. The number of aromatic amines is 1. The average Bonchev–Trinajstić information content (AvgIpc) is 2.32. The molecule has 0 spiro atoms. The normalized spacial score (nSPS) is 21.0. The minimum Gasteiger partial charge on any atom is -0.309 e. The fraction of sp³-hybridized carbons (Fsp3) is 0.636. The van der Waals surface area contributed by atoms with Gasteiger partial charge in [-0.25, -0.2) is 4.98 Å². The van der Waals surface area contributed by atoms with E-state index in [-0.39, 0.29) is 17.4 Å². The van der Waals surface area contributed by atoms with E-state index >= 15 is 0 Å². The number of hydrogen-bond donors (Lipinski definition) is 2. The largest absolute Gasteiger partial charge is 0.433 e. The van der Waals surface area contributed by atoms with E-state index in [0.29, 0.717) is 6.42 Å². The third kappa shape index (κ3) is 2.55. The van der Waals surface area contributed by atoms with Crippen LogP contribution in [0.3, 0.4) is 0 Å². The summed E-state index contributed by atoms with van der Waals surface area (Å²) in [5.74, 6) is 0.0811. The molecule has 1 aliphatic heterocycles. The molecule has 1 unspecified atom stereocenters. The van der Waals surface area contributed by atoms with Crippen LogP contribution in [0.25, 0.3) is 0 Å². The highest BCUT2D eigenvalue weighted by Gasteiger charge is 2.36. The lowest BCUT2D eigenvalue weighted by Crippen LogP contribution is -2.32. The van der Waals surface area contributed by atoms with Gasteiger partial charge in [0.25, 0.3) is 5.56 Å². The molecule has 0 saturated carbocycles. The van der Waals surface area contributed by atoms with Crippen molar-refractivity contribution in [3.8, 4) is 0 Å². The van der Waals surface area contributed by atoms with Crippen molar-refractivity contribution in [1.29, 1.82) is 0 Å². The van der Waals surface area contributed by atoms with Gasteiger partial charge in [-0.3, -0.25) is 4.79 Å². The molecule has 0 bridgehead atoms. The molecule has 0 aromatic carbocycles. The van der Waals surface area contributed by atoms with Gasteiger partial charge >= 0.3 is 6.18 Å². The molecular formula is C11H14F3N3O. The van der Waals surface area contributed by atoms with Gasteiger partial charge in [-0.2, -0.15) is 13.2 Å². The molecule has 2 heterocycles. The third-order valence-corrected chi connectivity index (χ3v) is 3.08. The number of piperidine rings is 1. The summed E-state index contributed by atoms with van der Waals surface area (Å²) in [6.45, 7) is 1.86. The summed E-state index contributed by atoms with van der Waals surface area (Å²) in [7, 11) is 0. The molecule has 1 atom stereocenters. The highest BCUT2D eigenvalue weighted by atomic mass is 19.4. The van der Waals surface area contributed by atoms with Crippen molar-refractivity contribution in [3.05, 3.63) is 27.4 Å². The first kappa shape index (κ1) is 13.1. The highest BCUT2D eigenvalue weighted by molar-refractivity contribution is 5.20. The smallest absolute Gasteiger partial charge is 0.309 e. The van der Waals surface area contributed by atoms with E-state index in [1.165, 1.54) is 0 Å². The van der Waals surface area contributed by atoms with Gasteiger partial charge in [0, 0.05) is 5.56 Å². The van der Waals surface area contributed by atoms with E-state index in [1.54, 1.807) is 0 Å². The van der Waals surface area contributed by atoms with Gasteiger partial charge < -0.3 is 10.3 Å². The van der Waals surface area contributed by atoms with E-state index in [1.807, 2.05) is 0 Å². The molecule has 100 valence electrons. The number of aromatic nitrogens is 2. The molecule has 1 aromatic heterocycles. The van der Waals surface area contributed by atoms with Crippen LogP contribution in [0, 0.1) is 6.92 Å². The molecule has 7 heteroatoms. The lowest BCUT2D eigenvalue weighted by atomic mass is 10.0. The standard InChI is InChI=1S/C11H14F3N3O/c1-6-8(11(12,13)14)16-9(17-10(6)18)7-4-2-3-5-15-7/h7,15H,2-5H2,1H3,(H,16,17,18). The van der Waals surface area contributed by atoms with Gasteiger partial charge in [0.05, 0.1) is 6.04 Å². The molecule has 1 aliphatic rings. The highest BCUT2D eigenvalue weighted by Crippen LogP contribution is 2.30. The Hall–Kier alpha value is -1.37. The van der Waals surface area contributed by atoms with E-state index in [2.05, 4.69) is 15.3 Å². The number of H-pyrrole nitrogens is 1. The summed E-state index contributed by atoms with van der Waals surface area (Å²) in [5.41, 5.74) is -2.20. The summed E-state index contributed by atoms with van der Waals surface area (Å²) >= 11 is 0. The van der Waals surface area contributed by atoms with Crippen molar-refractivity contribution in [2.24, 2.45) is 0 Å². The molecule has 1 aromatic rings. The Morgan fingerprint density at radius 3 is 2.61 bits per heavy atom. The summed E-state index contributed by atoms with van der Waals surface area (Å²) in [5, 5.41) is 3.06. The molecule has 2 rings (SSSR count). The van der Waals surface area contributed by atoms with Crippen LogP contribution in [0.4, 0.5) is 13.2 Å². The number of halogens is 3. The van der Waals surface area contributed by atoms with Gasteiger partial charge in [-0.15, -0.1) is 0 Å². The maximum atomic E-state index is 12.7. The maximum absolute atomic E-state index is 12.7. The van der Waals surface area contributed by atoms with Crippen LogP contribution in [0.2, 0.25) is 0 Å². The minimum absolute atomic E-state index is 0.0811. The van der Waals surface area contributed by atoms with Gasteiger partial charge in [0.1, 0.15) is 5.82 Å². The Balaban J connectivity index is 2.44. The van der Waals surface area contributed by atoms with Crippen molar-refractivity contribution < 1.29 is 13.2 Å². The number of rotatable bonds is 1. The molecule has 0 aliphatic carbocycles. The monoisotopic (exact) mass is 261 g/mol. The predicted octanol–water partition coefficient (Wildman–Crippen LogP) is 1.91.